The number of rotatable bonds is 4. The van der Waals surface area contributed by atoms with Gasteiger partial charge in [-0.1, -0.05) is 15.9 Å². The normalized spacial score (nSPS) is 12.1. The fourth-order valence-corrected chi connectivity index (χ4v) is 1.96. The van der Waals surface area contributed by atoms with Gasteiger partial charge in [-0.15, -0.1) is 0 Å². The lowest BCUT2D eigenvalue weighted by atomic mass is 10.2. The minimum atomic E-state index is -0.488. The van der Waals surface area contributed by atoms with Crippen LogP contribution in [0, 0.1) is 0 Å². The van der Waals surface area contributed by atoms with Crippen LogP contribution < -0.4 is 10.5 Å². The highest BCUT2D eigenvalue weighted by atomic mass is 79.9. The molecule has 0 aliphatic rings. The molecular formula is C12H17BrN2O2. The summed E-state index contributed by atoms with van der Waals surface area (Å²) >= 11 is 3.40. The van der Waals surface area contributed by atoms with E-state index >= 15 is 0 Å². The minimum absolute atomic E-state index is 0.0907. The summed E-state index contributed by atoms with van der Waals surface area (Å²) < 4.78 is 6.21. The molecule has 1 rings (SSSR count). The third-order valence-electron chi connectivity index (χ3n) is 2.42. The highest BCUT2D eigenvalue weighted by Crippen LogP contribution is 2.24. The topological polar surface area (TPSA) is 55.6 Å². The molecule has 0 saturated heterocycles. The predicted molar refractivity (Wildman–Crippen MR) is 70.8 cm³/mol. The summed E-state index contributed by atoms with van der Waals surface area (Å²) in [6.45, 7) is 2.15. The number of nitrogens with two attached hydrogens (primary N) is 1. The van der Waals surface area contributed by atoms with Crippen molar-refractivity contribution in [1.82, 2.24) is 4.90 Å². The quantitative estimate of drug-likeness (QED) is 0.922. The Kier molecular flexibility index (Phi) is 4.96. The molecule has 0 spiro atoms. The SMILES string of the molecule is COc1ccc(Br)cc1CN(C)C(=O)[C@H](C)N. The van der Waals surface area contributed by atoms with Crippen LogP contribution in [0.5, 0.6) is 5.75 Å². The highest BCUT2D eigenvalue weighted by molar-refractivity contribution is 9.10. The predicted octanol–water partition coefficient (Wildman–Crippen LogP) is 1.76. The summed E-state index contributed by atoms with van der Waals surface area (Å²) in [6, 6.07) is 5.21. The number of amides is 1. The molecule has 4 nitrogen and oxygen atoms in total. The first-order valence-corrected chi connectivity index (χ1v) is 6.08. The van der Waals surface area contributed by atoms with Crippen molar-refractivity contribution in [3.05, 3.63) is 28.2 Å². The van der Waals surface area contributed by atoms with Gasteiger partial charge in [0.15, 0.2) is 0 Å². The van der Waals surface area contributed by atoms with Crippen LogP contribution in [0.1, 0.15) is 12.5 Å². The van der Waals surface area contributed by atoms with Gasteiger partial charge in [0, 0.05) is 23.6 Å². The average Bonchev–Trinajstić information content (AvgIpc) is 2.28. The third kappa shape index (κ3) is 3.71. The molecule has 2 N–H and O–H groups in total. The number of ether oxygens (including phenoxy) is 1. The van der Waals surface area contributed by atoms with Gasteiger partial charge >= 0.3 is 0 Å². The Morgan fingerprint density at radius 3 is 2.76 bits per heavy atom. The van der Waals surface area contributed by atoms with E-state index in [1.54, 1.807) is 26.0 Å². The molecular weight excluding hydrogens is 284 g/mol. The smallest absolute Gasteiger partial charge is 0.239 e. The number of nitrogens with zero attached hydrogens (tertiary/aromatic N) is 1. The zero-order valence-electron chi connectivity index (χ0n) is 10.2. The van der Waals surface area contributed by atoms with Crippen LogP contribution in [0.25, 0.3) is 0 Å². The largest absolute Gasteiger partial charge is 0.496 e. The van der Waals surface area contributed by atoms with Gasteiger partial charge in [0.25, 0.3) is 0 Å². The Labute approximate surface area is 110 Å². The second-order valence-corrected chi connectivity index (χ2v) is 4.85. The lowest BCUT2D eigenvalue weighted by Gasteiger charge is -2.20. The molecule has 0 bridgehead atoms. The van der Waals surface area contributed by atoms with Crippen molar-refractivity contribution in [2.75, 3.05) is 14.2 Å². The second kappa shape index (κ2) is 6.02. The second-order valence-electron chi connectivity index (χ2n) is 3.94. The molecule has 0 saturated carbocycles. The number of benzene rings is 1. The number of carbonyl (C=O) groups excluding carboxylic acids is 1. The van der Waals surface area contributed by atoms with Crippen molar-refractivity contribution in [2.45, 2.75) is 19.5 Å². The number of likely N-dealkylation sites (N-methyl/N-ethyl adjacent to an activating group) is 1. The molecule has 0 fully saturated rings. The van der Waals surface area contributed by atoms with Crippen molar-refractivity contribution in [1.29, 1.82) is 0 Å². The Morgan fingerprint density at radius 2 is 2.24 bits per heavy atom. The maximum Gasteiger partial charge on any atom is 0.239 e. The maximum atomic E-state index is 11.7. The molecule has 1 atom stereocenters. The van der Waals surface area contributed by atoms with E-state index < -0.39 is 6.04 Å². The molecule has 1 aromatic carbocycles. The summed E-state index contributed by atoms with van der Waals surface area (Å²) in [5, 5.41) is 0. The first-order valence-electron chi connectivity index (χ1n) is 5.28. The third-order valence-corrected chi connectivity index (χ3v) is 2.91. The number of hydrogen-bond acceptors (Lipinski definition) is 3. The molecule has 0 radical (unpaired) electrons. The van der Waals surface area contributed by atoms with Crippen molar-refractivity contribution in [3.8, 4) is 5.75 Å². The standard InChI is InChI=1S/C12H17BrN2O2/c1-8(14)12(16)15(2)7-9-6-10(13)4-5-11(9)17-3/h4-6,8H,7,14H2,1-3H3/t8-/m0/s1. The molecule has 0 aliphatic heterocycles. The molecule has 5 heteroatoms. The van der Waals surface area contributed by atoms with Gasteiger partial charge in [-0.25, -0.2) is 0 Å². The van der Waals surface area contributed by atoms with Gasteiger partial charge in [-0.05, 0) is 25.1 Å². The summed E-state index contributed by atoms with van der Waals surface area (Å²) in [4.78, 5) is 13.3. The Hall–Kier alpha value is -1.07. The van der Waals surface area contributed by atoms with Crippen LogP contribution in [0.4, 0.5) is 0 Å². The number of methoxy groups -OCH3 is 1. The zero-order valence-corrected chi connectivity index (χ0v) is 11.8. The Bertz CT molecular complexity index is 407. The molecule has 1 amide bonds. The van der Waals surface area contributed by atoms with Crippen LogP contribution >= 0.6 is 15.9 Å². The number of halogens is 1. The van der Waals surface area contributed by atoms with Gasteiger partial charge in [0.1, 0.15) is 5.75 Å². The minimum Gasteiger partial charge on any atom is -0.496 e. The molecule has 0 unspecified atom stereocenters. The molecule has 0 aliphatic carbocycles. The molecule has 17 heavy (non-hydrogen) atoms. The molecule has 94 valence electrons. The lowest BCUT2D eigenvalue weighted by Crippen LogP contribution is -2.39. The van der Waals surface area contributed by atoms with Gasteiger partial charge in [0.05, 0.1) is 13.2 Å². The van der Waals surface area contributed by atoms with E-state index in [0.29, 0.717) is 6.54 Å². The van der Waals surface area contributed by atoms with Gasteiger partial charge in [0.2, 0.25) is 5.91 Å². The summed E-state index contributed by atoms with van der Waals surface area (Å²) in [5.41, 5.74) is 6.50. The monoisotopic (exact) mass is 300 g/mol. The van der Waals surface area contributed by atoms with Crippen LogP contribution in [0.3, 0.4) is 0 Å². The number of carbonyl (C=O) groups is 1. The fraction of sp³-hybridized carbons (Fsp3) is 0.417. The van der Waals surface area contributed by atoms with Crippen molar-refractivity contribution in [2.24, 2.45) is 5.73 Å². The summed E-state index contributed by atoms with van der Waals surface area (Å²) in [6.07, 6.45) is 0. The van der Waals surface area contributed by atoms with Crippen molar-refractivity contribution in [3.63, 3.8) is 0 Å². The Balaban J connectivity index is 2.87. The van der Waals surface area contributed by atoms with Crippen LogP contribution in [-0.2, 0) is 11.3 Å². The first kappa shape index (κ1) is 14.0. The van der Waals surface area contributed by atoms with Gasteiger partial charge < -0.3 is 15.4 Å². The van der Waals surface area contributed by atoms with E-state index in [9.17, 15) is 4.79 Å². The number of hydrogen-bond donors (Lipinski definition) is 1. The lowest BCUT2D eigenvalue weighted by molar-refractivity contribution is -0.131. The summed E-state index contributed by atoms with van der Waals surface area (Å²) in [7, 11) is 3.34. The van der Waals surface area contributed by atoms with E-state index in [4.69, 9.17) is 10.5 Å². The van der Waals surface area contributed by atoms with E-state index in [0.717, 1.165) is 15.8 Å². The molecule has 1 aromatic rings. The van der Waals surface area contributed by atoms with Crippen LogP contribution in [0.15, 0.2) is 22.7 Å². The molecule has 0 aromatic heterocycles. The van der Waals surface area contributed by atoms with Gasteiger partial charge in [-0.2, -0.15) is 0 Å². The summed E-state index contributed by atoms with van der Waals surface area (Å²) in [5.74, 6) is 0.671. The Morgan fingerprint density at radius 1 is 1.59 bits per heavy atom. The van der Waals surface area contributed by atoms with Gasteiger partial charge in [-0.3, -0.25) is 4.79 Å². The highest BCUT2D eigenvalue weighted by Gasteiger charge is 2.15. The van der Waals surface area contributed by atoms with E-state index in [2.05, 4.69) is 15.9 Å². The van der Waals surface area contributed by atoms with Crippen LogP contribution in [0.2, 0.25) is 0 Å². The van der Waals surface area contributed by atoms with Crippen LogP contribution in [-0.4, -0.2) is 31.0 Å². The van der Waals surface area contributed by atoms with E-state index in [-0.39, 0.29) is 5.91 Å². The zero-order chi connectivity index (χ0) is 13.0. The van der Waals surface area contributed by atoms with E-state index in [1.165, 1.54) is 0 Å². The fourth-order valence-electron chi connectivity index (χ4n) is 1.55. The first-order chi connectivity index (χ1) is 7.95. The van der Waals surface area contributed by atoms with Crippen molar-refractivity contribution >= 4 is 21.8 Å². The van der Waals surface area contributed by atoms with Crippen molar-refractivity contribution < 1.29 is 9.53 Å². The average molecular weight is 301 g/mol. The molecule has 0 heterocycles. The maximum absolute atomic E-state index is 11.7. The van der Waals surface area contributed by atoms with E-state index in [1.807, 2.05) is 18.2 Å².